The molecular weight excluding hydrogens is 520 g/mol. The summed E-state index contributed by atoms with van der Waals surface area (Å²) in [7, 11) is 0. The van der Waals surface area contributed by atoms with E-state index >= 15 is 0 Å². The van der Waals surface area contributed by atoms with E-state index in [0.29, 0.717) is 18.4 Å². The number of ether oxygens (including phenoxy) is 2. The van der Waals surface area contributed by atoms with Crippen molar-refractivity contribution in [2.24, 2.45) is 11.8 Å². The van der Waals surface area contributed by atoms with Crippen molar-refractivity contribution in [3.05, 3.63) is 89.5 Å². The molecule has 8 nitrogen and oxygen atoms in total. The molecule has 0 aliphatic carbocycles. The number of aryl methyl sites for hydroxylation is 2. The highest BCUT2D eigenvalue weighted by molar-refractivity contribution is 6.06. The normalized spacial score (nSPS) is 31.6. The molecule has 0 aromatic heterocycles. The predicted octanol–water partition coefficient (Wildman–Crippen LogP) is 3.80. The number of carbonyl (C=O) groups is 3. The molecule has 2 saturated heterocycles. The molecule has 1 spiro atoms. The molecule has 1 unspecified atom stereocenters. The van der Waals surface area contributed by atoms with Crippen LogP contribution in [0.25, 0.3) is 0 Å². The number of likely N-dealkylation sites (tertiary alicyclic amines) is 1. The minimum Gasteiger partial charge on any atom is -0.465 e. The number of carbonyl (C=O) groups excluding carboxylic acids is 3. The number of para-hydroxylation sites is 1. The molecule has 4 aliphatic rings. The van der Waals surface area contributed by atoms with E-state index in [-0.39, 0.29) is 19.1 Å². The number of benzene rings is 2. The largest absolute Gasteiger partial charge is 0.465 e. The monoisotopic (exact) mass is 556 g/mol. The lowest BCUT2D eigenvalue weighted by Crippen LogP contribution is -2.57. The first-order chi connectivity index (χ1) is 19.8. The van der Waals surface area contributed by atoms with Crippen molar-refractivity contribution in [1.82, 2.24) is 4.90 Å². The SMILES string of the molecule is CC[C@@]12C=CCCOC(=O)[C@@H]1[C@H]1C(=O)N([C@H](CO)c3ccccc3)C3C(=O)N(c4c(C)cccc4C)CC=C[C@@]31O2. The van der Waals surface area contributed by atoms with E-state index in [4.69, 9.17) is 9.47 Å². The van der Waals surface area contributed by atoms with Gasteiger partial charge in [-0.3, -0.25) is 14.4 Å². The number of fused-ring (bicyclic) bond motifs is 2. The molecule has 2 amide bonds. The molecular formula is C33H36N2O6. The smallest absolute Gasteiger partial charge is 0.313 e. The molecule has 1 N–H and O–H groups in total. The van der Waals surface area contributed by atoms with Crippen LogP contribution in [0.5, 0.6) is 0 Å². The summed E-state index contributed by atoms with van der Waals surface area (Å²) in [5, 5.41) is 10.7. The number of esters is 1. The Labute approximate surface area is 240 Å². The maximum Gasteiger partial charge on any atom is 0.313 e. The van der Waals surface area contributed by atoms with Crippen LogP contribution in [-0.4, -0.2) is 64.8 Å². The van der Waals surface area contributed by atoms with Crippen LogP contribution in [0.3, 0.4) is 0 Å². The topological polar surface area (TPSA) is 96.4 Å². The number of rotatable bonds is 5. The Morgan fingerprint density at radius 2 is 1.68 bits per heavy atom. The summed E-state index contributed by atoms with van der Waals surface area (Å²) in [6.45, 7) is 5.93. The number of cyclic esters (lactones) is 1. The number of aliphatic hydroxyl groups is 1. The Bertz CT molecular complexity index is 1420. The molecule has 0 bridgehead atoms. The van der Waals surface area contributed by atoms with Gasteiger partial charge in [0.25, 0.3) is 5.91 Å². The molecule has 6 rings (SSSR count). The molecule has 4 aliphatic heterocycles. The van der Waals surface area contributed by atoms with Crippen molar-refractivity contribution >= 4 is 23.5 Å². The van der Waals surface area contributed by atoms with E-state index < -0.39 is 53.6 Å². The summed E-state index contributed by atoms with van der Waals surface area (Å²) in [5.74, 6) is -3.15. The third kappa shape index (κ3) is 3.99. The Morgan fingerprint density at radius 3 is 2.37 bits per heavy atom. The number of aliphatic hydroxyl groups excluding tert-OH is 1. The first kappa shape index (κ1) is 27.4. The second kappa shape index (κ2) is 10.3. The van der Waals surface area contributed by atoms with E-state index in [1.54, 1.807) is 4.90 Å². The highest BCUT2D eigenvalue weighted by Crippen LogP contribution is 2.59. The fourth-order valence-corrected chi connectivity index (χ4v) is 7.47. The predicted molar refractivity (Wildman–Crippen MR) is 153 cm³/mol. The van der Waals surface area contributed by atoms with Gasteiger partial charge in [0, 0.05) is 12.2 Å². The number of nitrogens with zero attached hydrogens (tertiary/aromatic N) is 2. The van der Waals surface area contributed by atoms with Gasteiger partial charge in [0.05, 0.1) is 25.2 Å². The summed E-state index contributed by atoms with van der Waals surface area (Å²) >= 11 is 0. The highest BCUT2D eigenvalue weighted by atomic mass is 16.6. The van der Waals surface area contributed by atoms with Gasteiger partial charge in [-0.1, -0.05) is 79.8 Å². The summed E-state index contributed by atoms with van der Waals surface area (Å²) in [6, 6.07) is 13.1. The van der Waals surface area contributed by atoms with Gasteiger partial charge in [-0.15, -0.1) is 0 Å². The maximum absolute atomic E-state index is 14.9. The molecule has 6 atom stereocenters. The molecule has 0 radical (unpaired) electrons. The lowest BCUT2D eigenvalue weighted by Gasteiger charge is -2.41. The van der Waals surface area contributed by atoms with Crippen LogP contribution in [-0.2, 0) is 23.9 Å². The van der Waals surface area contributed by atoms with Gasteiger partial charge < -0.3 is 24.4 Å². The van der Waals surface area contributed by atoms with Crippen LogP contribution in [0.1, 0.15) is 42.5 Å². The quantitative estimate of drug-likeness (QED) is 0.445. The van der Waals surface area contributed by atoms with Crippen molar-refractivity contribution < 1.29 is 29.0 Å². The second-order valence-electron chi connectivity index (χ2n) is 11.4. The number of anilines is 1. The van der Waals surface area contributed by atoms with Crippen LogP contribution in [0.4, 0.5) is 5.69 Å². The van der Waals surface area contributed by atoms with Crippen molar-refractivity contribution in [2.45, 2.75) is 56.9 Å². The van der Waals surface area contributed by atoms with Crippen molar-refractivity contribution in [3.63, 3.8) is 0 Å². The fraction of sp³-hybridized carbons (Fsp3) is 0.424. The summed E-state index contributed by atoms with van der Waals surface area (Å²) < 4.78 is 12.6. The van der Waals surface area contributed by atoms with E-state index in [2.05, 4.69) is 0 Å². The Kier molecular flexibility index (Phi) is 6.86. The molecule has 2 aromatic rings. The van der Waals surface area contributed by atoms with Crippen molar-refractivity contribution in [3.8, 4) is 0 Å². The lowest BCUT2D eigenvalue weighted by molar-refractivity contribution is -0.161. The standard InChI is InChI=1S/C33H36N2O6/c1-4-32-16-8-9-19-40-31(39)26(32)25-29(37)35(24(20-36)23-14-6-5-7-15-23)28-30(38)34(18-11-17-33(25,28)41-32)27-21(2)12-10-13-22(27)3/h5-8,10-17,24-26,28,36H,4,9,18-20H2,1-3H3/t24-,25+,26+,28?,32-,33+/m1/s1. The number of hydrogen-bond acceptors (Lipinski definition) is 6. The van der Waals surface area contributed by atoms with Gasteiger partial charge in [0.15, 0.2) is 0 Å². The van der Waals surface area contributed by atoms with Crippen LogP contribution >= 0.6 is 0 Å². The maximum atomic E-state index is 14.9. The van der Waals surface area contributed by atoms with E-state index in [1.165, 1.54) is 4.90 Å². The van der Waals surface area contributed by atoms with Crippen LogP contribution in [0.15, 0.2) is 72.8 Å². The molecule has 0 saturated carbocycles. The molecule has 4 heterocycles. The third-order valence-corrected chi connectivity index (χ3v) is 9.24. The van der Waals surface area contributed by atoms with Crippen LogP contribution in [0, 0.1) is 25.7 Å². The lowest BCUT2D eigenvalue weighted by atomic mass is 9.73. The average Bonchev–Trinajstić information content (AvgIpc) is 3.31. The Balaban J connectivity index is 1.58. The van der Waals surface area contributed by atoms with Crippen LogP contribution < -0.4 is 4.90 Å². The minimum absolute atomic E-state index is 0.213. The first-order valence-electron chi connectivity index (χ1n) is 14.4. The van der Waals surface area contributed by atoms with Gasteiger partial charge in [0.2, 0.25) is 5.91 Å². The Morgan fingerprint density at radius 1 is 0.951 bits per heavy atom. The van der Waals surface area contributed by atoms with Gasteiger partial charge in [0.1, 0.15) is 23.2 Å². The summed E-state index contributed by atoms with van der Waals surface area (Å²) in [6.07, 6.45) is 8.50. The Hall–Kier alpha value is -3.75. The molecule has 41 heavy (non-hydrogen) atoms. The number of amides is 2. The molecule has 214 valence electrons. The van der Waals surface area contributed by atoms with Gasteiger partial charge >= 0.3 is 5.97 Å². The number of hydrogen-bond donors (Lipinski definition) is 1. The van der Waals surface area contributed by atoms with Gasteiger partial charge in [-0.05, 0) is 43.4 Å². The zero-order valence-electron chi connectivity index (χ0n) is 23.7. The molecule has 2 aromatic carbocycles. The van der Waals surface area contributed by atoms with Crippen LogP contribution in [0.2, 0.25) is 0 Å². The zero-order valence-corrected chi connectivity index (χ0v) is 23.7. The van der Waals surface area contributed by atoms with Crippen molar-refractivity contribution in [2.75, 3.05) is 24.7 Å². The average molecular weight is 557 g/mol. The van der Waals surface area contributed by atoms with Crippen molar-refractivity contribution in [1.29, 1.82) is 0 Å². The minimum atomic E-state index is -1.43. The third-order valence-electron chi connectivity index (χ3n) is 9.24. The van der Waals surface area contributed by atoms with Gasteiger partial charge in [-0.25, -0.2) is 0 Å². The summed E-state index contributed by atoms with van der Waals surface area (Å²) in [5.41, 5.74) is 0.798. The second-order valence-corrected chi connectivity index (χ2v) is 11.4. The van der Waals surface area contributed by atoms with Gasteiger partial charge in [-0.2, -0.15) is 0 Å². The van der Waals surface area contributed by atoms with E-state index in [1.807, 2.05) is 93.6 Å². The highest BCUT2D eigenvalue weighted by Gasteiger charge is 2.76. The fourth-order valence-electron chi connectivity index (χ4n) is 7.47. The van der Waals surface area contributed by atoms with E-state index in [9.17, 15) is 19.5 Å². The van der Waals surface area contributed by atoms with E-state index in [0.717, 1.165) is 16.8 Å². The first-order valence-corrected chi connectivity index (χ1v) is 14.4. The zero-order chi connectivity index (χ0) is 28.9. The molecule has 2 fully saturated rings. The molecule has 8 heteroatoms. The summed E-state index contributed by atoms with van der Waals surface area (Å²) in [4.78, 5) is 46.4.